The number of thiazole rings is 1. The molecule has 0 fully saturated rings. The van der Waals surface area contributed by atoms with Crippen LogP contribution in [0.3, 0.4) is 0 Å². The van der Waals surface area contributed by atoms with E-state index in [2.05, 4.69) is 10.3 Å². The van der Waals surface area contributed by atoms with Gasteiger partial charge in [0.25, 0.3) is 0 Å². The van der Waals surface area contributed by atoms with Crippen LogP contribution >= 0.6 is 11.3 Å². The first-order valence-electron chi connectivity index (χ1n) is 4.45. The molecule has 0 aliphatic rings. The van der Waals surface area contributed by atoms with Crippen LogP contribution in [0.4, 0.5) is 5.13 Å². The molecular formula is C9H15N3OS. The lowest BCUT2D eigenvalue weighted by molar-refractivity contribution is -0.128. The summed E-state index contributed by atoms with van der Waals surface area (Å²) in [5.74, 6) is 0.130. The van der Waals surface area contributed by atoms with Crippen LogP contribution in [0.2, 0.25) is 0 Å². The number of nitrogens with zero attached hydrogens (tertiary/aromatic N) is 2. The van der Waals surface area contributed by atoms with E-state index in [0.29, 0.717) is 13.0 Å². The molecule has 78 valence electrons. The summed E-state index contributed by atoms with van der Waals surface area (Å²) in [6.07, 6.45) is 0.506. The topological polar surface area (TPSA) is 45.2 Å². The Labute approximate surface area is 88.0 Å². The number of anilines is 1. The zero-order valence-corrected chi connectivity index (χ0v) is 9.52. The van der Waals surface area contributed by atoms with Crippen molar-refractivity contribution in [3.63, 3.8) is 0 Å². The minimum absolute atomic E-state index is 0.130. The van der Waals surface area contributed by atoms with Gasteiger partial charge in [-0.15, -0.1) is 11.3 Å². The minimum atomic E-state index is 0.130. The number of aryl methyl sites for hydroxylation is 1. The first kappa shape index (κ1) is 11.0. The summed E-state index contributed by atoms with van der Waals surface area (Å²) in [6.45, 7) is 2.59. The van der Waals surface area contributed by atoms with E-state index >= 15 is 0 Å². The standard InChI is InChI=1S/C9H15N3OS/c1-7-6-14-9(11-7)10-5-4-8(13)12(2)3/h6H,4-5H2,1-3H3,(H,10,11). The second-order valence-corrected chi connectivity index (χ2v) is 4.12. The van der Waals surface area contributed by atoms with Crippen LogP contribution in [-0.2, 0) is 4.79 Å². The van der Waals surface area contributed by atoms with Crippen LogP contribution in [0.15, 0.2) is 5.38 Å². The fourth-order valence-corrected chi connectivity index (χ4v) is 1.65. The lowest BCUT2D eigenvalue weighted by Crippen LogP contribution is -2.23. The molecule has 1 N–H and O–H groups in total. The van der Waals surface area contributed by atoms with Crippen molar-refractivity contribution in [3.05, 3.63) is 11.1 Å². The maximum Gasteiger partial charge on any atom is 0.223 e. The summed E-state index contributed by atoms with van der Waals surface area (Å²) in [5.41, 5.74) is 1.01. The highest BCUT2D eigenvalue weighted by Crippen LogP contribution is 2.13. The monoisotopic (exact) mass is 213 g/mol. The molecule has 1 aromatic rings. The van der Waals surface area contributed by atoms with Crippen LogP contribution in [0, 0.1) is 6.92 Å². The maximum absolute atomic E-state index is 11.2. The van der Waals surface area contributed by atoms with Gasteiger partial charge in [0.2, 0.25) is 5.91 Å². The molecule has 0 spiro atoms. The van der Waals surface area contributed by atoms with Crippen molar-refractivity contribution in [2.75, 3.05) is 26.0 Å². The Bertz CT molecular complexity index is 309. The quantitative estimate of drug-likeness (QED) is 0.821. The molecular weight excluding hydrogens is 198 g/mol. The van der Waals surface area contributed by atoms with Gasteiger partial charge in [0, 0.05) is 32.4 Å². The van der Waals surface area contributed by atoms with E-state index in [1.54, 1.807) is 30.3 Å². The number of nitrogens with one attached hydrogen (secondary N) is 1. The smallest absolute Gasteiger partial charge is 0.223 e. The first-order valence-corrected chi connectivity index (χ1v) is 5.33. The van der Waals surface area contributed by atoms with Gasteiger partial charge in [-0.1, -0.05) is 0 Å². The van der Waals surface area contributed by atoms with Gasteiger partial charge in [-0.3, -0.25) is 4.79 Å². The molecule has 1 amide bonds. The lowest BCUT2D eigenvalue weighted by atomic mass is 10.4. The molecule has 1 rings (SSSR count). The van der Waals surface area contributed by atoms with Crippen LogP contribution < -0.4 is 5.32 Å². The van der Waals surface area contributed by atoms with Crippen LogP contribution in [0.25, 0.3) is 0 Å². The Hall–Kier alpha value is -1.10. The zero-order chi connectivity index (χ0) is 10.6. The highest BCUT2D eigenvalue weighted by Gasteiger charge is 2.03. The number of carbonyl (C=O) groups excluding carboxylic acids is 1. The molecule has 0 aliphatic carbocycles. The molecule has 0 radical (unpaired) electrons. The van der Waals surface area contributed by atoms with E-state index in [9.17, 15) is 4.79 Å². The molecule has 0 unspecified atom stereocenters. The molecule has 5 heteroatoms. The Morgan fingerprint density at radius 2 is 2.36 bits per heavy atom. The van der Waals surface area contributed by atoms with Gasteiger partial charge in [-0.2, -0.15) is 0 Å². The molecule has 0 aliphatic heterocycles. The Balaban J connectivity index is 2.25. The fraction of sp³-hybridized carbons (Fsp3) is 0.556. The van der Waals surface area contributed by atoms with Gasteiger partial charge < -0.3 is 10.2 Å². The fourth-order valence-electron chi connectivity index (χ4n) is 0.935. The third-order valence-electron chi connectivity index (χ3n) is 1.73. The number of aromatic nitrogens is 1. The zero-order valence-electron chi connectivity index (χ0n) is 8.70. The van der Waals surface area contributed by atoms with Gasteiger partial charge in [0.15, 0.2) is 5.13 Å². The van der Waals surface area contributed by atoms with Crippen molar-refractivity contribution in [2.24, 2.45) is 0 Å². The largest absolute Gasteiger partial charge is 0.361 e. The summed E-state index contributed by atoms with van der Waals surface area (Å²) in [4.78, 5) is 17.0. The van der Waals surface area contributed by atoms with E-state index in [-0.39, 0.29) is 5.91 Å². The minimum Gasteiger partial charge on any atom is -0.361 e. The summed E-state index contributed by atoms with van der Waals surface area (Å²) >= 11 is 1.56. The Morgan fingerprint density at radius 1 is 1.64 bits per heavy atom. The number of carbonyl (C=O) groups is 1. The molecule has 14 heavy (non-hydrogen) atoms. The van der Waals surface area contributed by atoms with E-state index in [0.717, 1.165) is 10.8 Å². The van der Waals surface area contributed by atoms with Gasteiger partial charge >= 0.3 is 0 Å². The second kappa shape index (κ2) is 4.95. The third kappa shape index (κ3) is 3.33. The molecule has 0 atom stereocenters. The molecule has 4 nitrogen and oxygen atoms in total. The van der Waals surface area contributed by atoms with Gasteiger partial charge in [0.05, 0.1) is 5.69 Å². The summed E-state index contributed by atoms with van der Waals surface area (Å²) in [5, 5.41) is 5.98. The van der Waals surface area contributed by atoms with Gasteiger partial charge in [-0.05, 0) is 6.92 Å². The average molecular weight is 213 g/mol. The van der Waals surface area contributed by atoms with Crippen molar-refractivity contribution in [3.8, 4) is 0 Å². The summed E-state index contributed by atoms with van der Waals surface area (Å²) in [6, 6.07) is 0. The van der Waals surface area contributed by atoms with E-state index in [4.69, 9.17) is 0 Å². The SMILES string of the molecule is Cc1csc(NCCC(=O)N(C)C)n1. The Kier molecular flexibility index (Phi) is 3.88. The maximum atomic E-state index is 11.2. The predicted molar refractivity (Wildman–Crippen MR) is 58.7 cm³/mol. The normalized spacial score (nSPS) is 9.93. The van der Waals surface area contributed by atoms with Crippen LogP contribution in [0.5, 0.6) is 0 Å². The molecule has 0 aromatic carbocycles. The van der Waals surface area contributed by atoms with Crippen molar-refractivity contribution in [1.82, 2.24) is 9.88 Å². The second-order valence-electron chi connectivity index (χ2n) is 3.26. The van der Waals surface area contributed by atoms with E-state index in [1.165, 1.54) is 0 Å². The highest BCUT2D eigenvalue weighted by molar-refractivity contribution is 7.13. The third-order valence-corrected chi connectivity index (χ3v) is 2.65. The highest BCUT2D eigenvalue weighted by atomic mass is 32.1. The molecule has 1 heterocycles. The van der Waals surface area contributed by atoms with Crippen LogP contribution in [-0.4, -0.2) is 36.4 Å². The summed E-state index contributed by atoms with van der Waals surface area (Å²) in [7, 11) is 3.52. The van der Waals surface area contributed by atoms with Crippen molar-refractivity contribution in [1.29, 1.82) is 0 Å². The number of hydrogen-bond donors (Lipinski definition) is 1. The van der Waals surface area contributed by atoms with Crippen LogP contribution in [0.1, 0.15) is 12.1 Å². The van der Waals surface area contributed by atoms with Crippen molar-refractivity contribution >= 4 is 22.4 Å². The first-order chi connectivity index (χ1) is 6.59. The predicted octanol–water partition coefficient (Wildman–Crippen LogP) is 1.34. The van der Waals surface area contributed by atoms with Crippen molar-refractivity contribution < 1.29 is 4.79 Å². The molecule has 1 aromatic heterocycles. The van der Waals surface area contributed by atoms with E-state index < -0.39 is 0 Å². The Morgan fingerprint density at radius 3 is 2.86 bits per heavy atom. The molecule has 0 bridgehead atoms. The van der Waals surface area contributed by atoms with E-state index in [1.807, 2.05) is 12.3 Å². The number of rotatable bonds is 4. The summed E-state index contributed by atoms with van der Waals surface area (Å²) < 4.78 is 0. The van der Waals surface area contributed by atoms with Gasteiger partial charge in [0.1, 0.15) is 0 Å². The van der Waals surface area contributed by atoms with Gasteiger partial charge in [-0.25, -0.2) is 4.98 Å². The average Bonchev–Trinajstić information content (AvgIpc) is 2.51. The van der Waals surface area contributed by atoms with Crippen molar-refractivity contribution in [2.45, 2.75) is 13.3 Å². The number of hydrogen-bond acceptors (Lipinski definition) is 4. The lowest BCUT2D eigenvalue weighted by Gasteiger charge is -2.09. The molecule has 0 saturated heterocycles. The molecule has 0 saturated carbocycles. The number of amides is 1.